The summed E-state index contributed by atoms with van der Waals surface area (Å²) in [5.74, 6) is 0. The Bertz CT molecular complexity index is 305. The highest BCUT2D eigenvalue weighted by Gasteiger charge is 2.13. The van der Waals surface area contributed by atoms with Gasteiger partial charge in [-0.3, -0.25) is 0 Å². The van der Waals surface area contributed by atoms with Gasteiger partial charge in [-0.1, -0.05) is 31.4 Å². The number of hydrogen-bond acceptors (Lipinski definition) is 2. The summed E-state index contributed by atoms with van der Waals surface area (Å²) in [5, 5.41) is 0. The number of hydrogen-bond donors (Lipinski definition) is 0. The van der Waals surface area contributed by atoms with Gasteiger partial charge in [0.1, 0.15) is 0 Å². The maximum atomic E-state index is 4.10. The van der Waals surface area contributed by atoms with Gasteiger partial charge in [0.2, 0.25) is 0 Å². The molecule has 1 rings (SSSR count). The van der Waals surface area contributed by atoms with Gasteiger partial charge in [-0.15, -0.1) is 0 Å². The zero-order valence-electron chi connectivity index (χ0n) is 10.4. The van der Waals surface area contributed by atoms with E-state index in [2.05, 4.69) is 42.2 Å². The van der Waals surface area contributed by atoms with E-state index >= 15 is 0 Å². The van der Waals surface area contributed by atoms with Crippen molar-refractivity contribution in [2.75, 3.05) is 33.2 Å². The molecule has 0 aromatic heterocycles. The van der Waals surface area contributed by atoms with Crippen LogP contribution < -0.4 is 0 Å². The summed E-state index contributed by atoms with van der Waals surface area (Å²) in [5.41, 5.74) is 2.23. The Morgan fingerprint density at radius 1 is 1.12 bits per heavy atom. The van der Waals surface area contributed by atoms with E-state index in [0.29, 0.717) is 0 Å². The Balaban J connectivity index is 2.49. The first-order chi connectivity index (χ1) is 7.67. The minimum Gasteiger partial charge on any atom is -0.369 e. The molecule has 0 spiro atoms. The van der Waals surface area contributed by atoms with Crippen molar-refractivity contribution in [3.63, 3.8) is 0 Å². The summed E-state index contributed by atoms with van der Waals surface area (Å²) in [4.78, 5) is 4.67. The Kier molecular flexibility index (Phi) is 5.06. The van der Waals surface area contributed by atoms with Crippen LogP contribution in [-0.4, -0.2) is 43.0 Å². The van der Waals surface area contributed by atoms with Crippen LogP contribution in [0.2, 0.25) is 0 Å². The summed E-state index contributed by atoms with van der Waals surface area (Å²) < 4.78 is 0. The quantitative estimate of drug-likeness (QED) is 0.669. The first-order valence-electron chi connectivity index (χ1n) is 5.76. The molecule has 16 heavy (non-hydrogen) atoms. The smallest absolute Gasteiger partial charge is 0.0306 e. The summed E-state index contributed by atoms with van der Waals surface area (Å²) >= 11 is 0. The lowest BCUT2D eigenvalue weighted by atomic mass is 10.2. The fourth-order valence-corrected chi connectivity index (χ4v) is 1.67. The largest absolute Gasteiger partial charge is 0.369 e. The normalized spacial score (nSPS) is 19.1. The van der Waals surface area contributed by atoms with Gasteiger partial charge >= 0.3 is 0 Å². The van der Waals surface area contributed by atoms with Gasteiger partial charge < -0.3 is 9.80 Å². The van der Waals surface area contributed by atoms with Gasteiger partial charge in [0, 0.05) is 31.9 Å². The average Bonchev–Trinajstić information content (AvgIpc) is 2.31. The van der Waals surface area contributed by atoms with Gasteiger partial charge in [-0.05, 0) is 25.6 Å². The van der Waals surface area contributed by atoms with E-state index in [1.54, 1.807) is 0 Å². The van der Waals surface area contributed by atoms with Gasteiger partial charge in [-0.2, -0.15) is 0 Å². The Hall–Kier alpha value is -1.28. The molecule has 0 radical (unpaired) electrons. The maximum Gasteiger partial charge on any atom is 0.0306 e. The molecular formula is C14H22N2. The van der Waals surface area contributed by atoms with Crippen molar-refractivity contribution >= 4 is 0 Å². The third-order valence-corrected chi connectivity index (χ3v) is 2.95. The molecule has 0 aliphatic carbocycles. The molecule has 1 fully saturated rings. The molecule has 0 atom stereocenters. The topological polar surface area (TPSA) is 6.48 Å². The maximum absolute atomic E-state index is 4.10. The van der Waals surface area contributed by atoms with Gasteiger partial charge in [0.25, 0.3) is 0 Å². The summed E-state index contributed by atoms with van der Waals surface area (Å²) in [6, 6.07) is 0. The lowest BCUT2D eigenvalue weighted by Gasteiger charge is -2.34. The molecule has 2 nitrogen and oxygen atoms in total. The fourth-order valence-electron chi connectivity index (χ4n) is 1.67. The van der Waals surface area contributed by atoms with E-state index in [1.807, 2.05) is 19.1 Å². The van der Waals surface area contributed by atoms with E-state index < -0.39 is 0 Å². The van der Waals surface area contributed by atoms with E-state index in [1.165, 1.54) is 0 Å². The highest BCUT2D eigenvalue weighted by molar-refractivity contribution is 5.32. The zero-order chi connectivity index (χ0) is 12.0. The number of nitrogens with zero attached hydrogens (tertiary/aromatic N) is 2. The minimum atomic E-state index is 1.07. The highest BCUT2D eigenvalue weighted by atomic mass is 15.2. The third-order valence-electron chi connectivity index (χ3n) is 2.95. The van der Waals surface area contributed by atoms with E-state index in [-0.39, 0.29) is 0 Å². The van der Waals surface area contributed by atoms with Gasteiger partial charge in [-0.25, -0.2) is 0 Å². The first-order valence-corrected chi connectivity index (χ1v) is 5.76. The van der Waals surface area contributed by atoms with Crippen LogP contribution in [0, 0.1) is 0 Å². The minimum absolute atomic E-state index is 1.07. The van der Waals surface area contributed by atoms with Crippen LogP contribution in [0.5, 0.6) is 0 Å². The molecule has 1 saturated heterocycles. The van der Waals surface area contributed by atoms with Crippen molar-refractivity contribution in [1.82, 2.24) is 9.80 Å². The molecule has 1 aliphatic heterocycles. The molecule has 88 valence electrons. The number of piperazine rings is 1. The van der Waals surface area contributed by atoms with Gasteiger partial charge in [0.05, 0.1) is 0 Å². The predicted molar refractivity (Wildman–Crippen MR) is 71.3 cm³/mol. The van der Waals surface area contributed by atoms with E-state index in [9.17, 15) is 0 Å². The van der Waals surface area contributed by atoms with Crippen LogP contribution in [0.1, 0.15) is 6.92 Å². The molecule has 0 aromatic carbocycles. The number of allylic oxidation sites excluding steroid dienone is 5. The standard InChI is InChI=1S/C14H22N2/c1-5-14(6-2)8-7-13(3)16-11-9-15(4)10-12-16/h5-8H,1,3,9-12H2,2,4H3/b8-7-,14-6-. The third kappa shape index (κ3) is 3.70. The molecule has 1 heterocycles. The van der Waals surface area contributed by atoms with Crippen LogP contribution in [-0.2, 0) is 0 Å². The second kappa shape index (κ2) is 6.33. The monoisotopic (exact) mass is 218 g/mol. The lowest BCUT2D eigenvalue weighted by Crippen LogP contribution is -2.43. The van der Waals surface area contributed by atoms with Crippen molar-refractivity contribution in [3.05, 3.63) is 48.7 Å². The van der Waals surface area contributed by atoms with Crippen LogP contribution in [0.3, 0.4) is 0 Å². The molecule has 0 saturated carbocycles. The molecular weight excluding hydrogens is 196 g/mol. The molecule has 0 bridgehead atoms. The summed E-state index contributed by atoms with van der Waals surface area (Å²) in [6.45, 7) is 14.2. The Morgan fingerprint density at radius 3 is 2.25 bits per heavy atom. The number of likely N-dealkylation sites (N-methyl/N-ethyl adjacent to an activating group) is 1. The predicted octanol–water partition coefficient (Wildman–Crippen LogP) is 2.44. The average molecular weight is 218 g/mol. The van der Waals surface area contributed by atoms with Crippen molar-refractivity contribution < 1.29 is 0 Å². The summed E-state index contributed by atoms with van der Waals surface area (Å²) in [7, 11) is 2.16. The van der Waals surface area contributed by atoms with E-state index in [0.717, 1.165) is 37.4 Å². The Labute approximate surface area is 99.2 Å². The fraction of sp³-hybridized carbons (Fsp3) is 0.429. The molecule has 0 N–H and O–H groups in total. The van der Waals surface area contributed by atoms with Crippen LogP contribution in [0.15, 0.2) is 48.7 Å². The molecule has 1 aliphatic rings. The highest BCUT2D eigenvalue weighted by Crippen LogP contribution is 2.09. The lowest BCUT2D eigenvalue weighted by molar-refractivity contribution is 0.190. The first kappa shape index (κ1) is 12.8. The second-order valence-corrected chi connectivity index (χ2v) is 4.11. The van der Waals surface area contributed by atoms with Crippen LogP contribution >= 0.6 is 0 Å². The van der Waals surface area contributed by atoms with Crippen molar-refractivity contribution in [2.24, 2.45) is 0 Å². The zero-order valence-corrected chi connectivity index (χ0v) is 10.4. The van der Waals surface area contributed by atoms with Crippen molar-refractivity contribution in [3.8, 4) is 0 Å². The Morgan fingerprint density at radius 2 is 1.75 bits per heavy atom. The molecule has 0 amide bonds. The van der Waals surface area contributed by atoms with Crippen molar-refractivity contribution in [1.29, 1.82) is 0 Å². The number of rotatable bonds is 4. The summed E-state index contributed by atoms with van der Waals surface area (Å²) in [6.07, 6.45) is 8.03. The molecule has 2 heteroatoms. The second-order valence-electron chi connectivity index (χ2n) is 4.11. The van der Waals surface area contributed by atoms with Crippen LogP contribution in [0.4, 0.5) is 0 Å². The van der Waals surface area contributed by atoms with Gasteiger partial charge in [0.15, 0.2) is 0 Å². The SMILES string of the molecule is C=CC(/C=C\C(=C)N1CCN(C)CC1)=C/C. The molecule has 0 unspecified atom stereocenters. The van der Waals surface area contributed by atoms with Crippen molar-refractivity contribution in [2.45, 2.75) is 6.92 Å². The molecule has 0 aromatic rings. The van der Waals surface area contributed by atoms with E-state index in [4.69, 9.17) is 0 Å². The van der Waals surface area contributed by atoms with Crippen LogP contribution in [0.25, 0.3) is 0 Å².